The smallest absolute Gasteiger partial charge is 0.197 e. The number of aromatic nitrogens is 1. The highest BCUT2D eigenvalue weighted by Crippen LogP contribution is 2.12. The van der Waals surface area contributed by atoms with Crippen molar-refractivity contribution in [2.75, 3.05) is 6.54 Å². The summed E-state index contributed by atoms with van der Waals surface area (Å²) in [4.78, 5) is 8.51. The summed E-state index contributed by atoms with van der Waals surface area (Å²) in [5.74, 6) is 0.544. The van der Waals surface area contributed by atoms with E-state index in [-0.39, 0.29) is 5.11 Å². The van der Waals surface area contributed by atoms with Gasteiger partial charge < -0.3 is 16.4 Å². The van der Waals surface area contributed by atoms with Gasteiger partial charge in [-0.2, -0.15) is 0 Å². The number of nitrogens with zero attached hydrogens (tertiary/aromatic N) is 2. The topological polar surface area (TPSA) is 75.3 Å². The summed E-state index contributed by atoms with van der Waals surface area (Å²) in [7, 11) is 0. The van der Waals surface area contributed by atoms with Gasteiger partial charge >= 0.3 is 0 Å². The molecule has 0 saturated heterocycles. The Morgan fingerprint density at radius 2 is 2.37 bits per heavy atom. The zero-order valence-corrected chi connectivity index (χ0v) is 12.4. The van der Waals surface area contributed by atoms with Crippen molar-refractivity contribution >= 4 is 34.9 Å². The molecule has 0 aliphatic rings. The van der Waals surface area contributed by atoms with E-state index in [2.05, 4.69) is 27.5 Å². The predicted molar refractivity (Wildman–Crippen MR) is 83.2 cm³/mol. The molecule has 0 saturated carbocycles. The molecule has 0 atom stereocenters. The first kappa shape index (κ1) is 15.7. The summed E-state index contributed by atoms with van der Waals surface area (Å²) in [6.45, 7) is 3.29. The maximum atomic E-state index is 6.02. The first-order valence-corrected chi connectivity index (χ1v) is 6.86. The lowest BCUT2D eigenvalue weighted by atomic mass is 10.3. The summed E-state index contributed by atoms with van der Waals surface area (Å²) in [5, 5.41) is 6.72. The first-order valence-electron chi connectivity index (χ1n) is 6.07. The second kappa shape index (κ2) is 8.66. The van der Waals surface area contributed by atoms with Crippen molar-refractivity contribution in [1.82, 2.24) is 15.6 Å². The number of hydrogen-bond donors (Lipinski definition) is 3. The van der Waals surface area contributed by atoms with Gasteiger partial charge in [0.15, 0.2) is 11.1 Å². The summed E-state index contributed by atoms with van der Waals surface area (Å²) in [6.07, 6.45) is 3.82. The van der Waals surface area contributed by atoms with Crippen molar-refractivity contribution in [3.05, 3.63) is 29.0 Å². The average Bonchev–Trinajstić information content (AvgIpc) is 2.37. The molecule has 4 N–H and O–H groups in total. The number of pyridine rings is 1. The summed E-state index contributed by atoms with van der Waals surface area (Å²) in [6, 6.07) is 3.56. The maximum absolute atomic E-state index is 6.02. The molecule has 7 heteroatoms. The third-order valence-electron chi connectivity index (χ3n) is 2.29. The van der Waals surface area contributed by atoms with Crippen LogP contribution in [0.5, 0.6) is 0 Å². The van der Waals surface area contributed by atoms with Crippen molar-refractivity contribution in [3.8, 4) is 0 Å². The largest absolute Gasteiger partial charge is 0.376 e. The average molecular weight is 300 g/mol. The molecule has 104 valence electrons. The van der Waals surface area contributed by atoms with Gasteiger partial charge in [-0.1, -0.05) is 24.9 Å². The highest BCUT2D eigenvalue weighted by Gasteiger charge is 2.02. The summed E-state index contributed by atoms with van der Waals surface area (Å²) in [5.41, 5.74) is 6.17. The van der Waals surface area contributed by atoms with E-state index < -0.39 is 0 Å². The van der Waals surface area contributed by atoms with Crippen LogP contribution in [0.1, 0.15) is 25.5 Å². The van der Waals surface area contributed by atoms with E-state index in [1.54, 1.807) is 18.3 Å². The van der Waals surface area contributed by atoms with Crippen molar-refractivity contribution < 1.29 is 0 Å². The highest BCUT2D eigenvalue weighted by atomic mass is 35.5. The quantitative estimate of drug-likeness (QED) is 0.335. The molecule has 0 spiro atoms. The molecule has 5 nitrogen and oxygen atoms in total. The van der Waals surface area contributed by atoms with Crippen LogP contribution in [-0.2, 0) is 6.54 Å². The van der Waals surface area contributed by atoms with Crippen molar-refractivity contribution in [2.24, 2.45) is 10.7 Å². The third-order valence-corrected chi connectivity index (χ3v) is 2.73. The predicted octanol–water partition coefficient (Wildman–Crippen LogP) is 1.81. The number of hydrogen-bond acceptors (Lipinski definition) is 3. The SMILES string of the molecule is CCCCNC(=NCc1ncccc1Cl)NC(N)=S. The summed E-state index contributed by atoms with van der Waals surface area (Å²) < 4.78 is 0. The Kier molecular flexibility index (Phi) is 7.14. The molecule has 0 aromatic carbocycles. The molecule has 0 amide bonds. The molecule has 0 aliphatic heterocycles. The van der Waals surface area contributed by atoms with Gasteiger partial charge in [-0.3, -0.25) is 4.98 Å². The molecule has 0 bridgehead atoms. The Bertz CT molecular complexity index is 450. The lowest BCUT2D eigenvalue weighted by Gasteiger charge is -2.10. The number of unbranched alkanes of at least 4 members (excludes halogenated alkanes) is 1. The van der Waals surface area contributed by atoms with E-state index in [1.165, 1.54) is 0 Å². The van der Waals surface area contributed by atoms with Gasteiger partial charge in [0.1, 0.15) is 0 Å². The van der Waals surface area contributed by atoms with Gasteiger partial charge in [0.2, 0.25) is 0 Å². The Morgan fingerprint density at radius 3 is 3.00 bits per heavy atom. The minimum absolute atomic E-state index is 0.176. The molecule has 0 aliphatic carbocycles. The van der Waals surface area contributed by atoms with Crippen molar-refractivity contribution in [3.63, 3.8) is 0 Å². The Hall–Kier alpha value is -1.40. The molecule has 0 unspecified atom stereocenters. The highest BCUT2D eigenvalue weighted by molar-refractivity contribution is 7.80. The number of aliphatic imine (C=N–C) groups is 1. The van der Waals surface area contributed by atoms with Crippen LogP contribution in [0.2, 0.25) is 5.02 Å². The van der Waals surface area contributed by atoms with E-state index in [4.69, 9.17) is 29.6 Å². The molecule has 0 fully saturated rings. The number of nitrogens with one attached hydrogen (secondary N) is 2. The normalized spacial score (nSPS) is 11.2. The molecule has 1 heterocycles. The molecule has 1 aromatic rings. The van der Waals surface area contributed by atoms with E-state index in [1.807, 2.05) is 0 Å². The van der Waals surface area contributed by atoms with Gasteiger partial charge in [-0.05, 0) is 30.8 Å². The van der Waals surface area contributed by atoms with Gasteiger partial charge in [0, 0.05) is 12.7 Å². The van der Waals surface area contributed by atoms with E-state index in [0.29, 0.717) is 23.2 Å². The van der Waals surface area contributed by atoms with Crippen LogP contribution in [0, 0.1) is 0 Å². The molecule has 1 rings (SSSR count). The molecule has 19 heavy (non-hydrogen) atoms. The third kappa shape index (κ3) is 6.35. The minimum Gasteiger partial charge on any atom is -0.376 e. The molecule has 1 aromatic heterocycles. The number of guanidine groups is 1. The fraction of sp³-hybridized carbons (Fsp3) is 0.417. The Morgan fingerprint density at radius 1 is 1.58 bits per heavy atom. The fourth-order valence-corrected chi connectivity index (χ4v) is 1.61. The van der Waals surface area contributed by atoms with Gasteiger partial charge in [0.25, 0.3) is 0 Å². The molecular formula is C12H18ClN5S. The van der Waals surface area contributed by atoms with Crippen LogP contribution in [-0.4, -0.2) is 22.6 Å². The fourth-order valence-electron chi connectivity index (χ4n) is 1.33. The van der Waals surface area contributed by atoms with Crippen LogP contribution >= 0.6 is 23.8 Å². The first-order chi connectivity index (χ1) is 9.13. The van der Waals surface area contributed by atoms with Crippen LogP contribution < -0.4 is 16.4 Å². The number of halogens is 1. The maximum Gasteiger partial charge on any atom is 0.197 e. The van der Waals surface area contributed by atoms with E-state index >= 15 is 0 Å². The Balaban J connectivity index is 2.65. The molecule has 0 radical (unpaired) electrons. The zero-order valence-electron chi connectivity index (χ0n) is 10.8. The van der Waals surface area contributed by atoms with Crippen LogP contribution in [0.4, 0.5) is 0 Å². The number of rotatable bonds is 5. The lowest BCUT2D eigenvalue weighted by Crippen LogP contribution is -2.43. The van der Waals surface area contributed by atoms with Gasteiger partial charge in [0.05, 0.1) is 17.3 Å². The van der Waals surface area contributed by atoms with Gasteiger partial charge in [-0.25, -0.2) is 4.99 Å². The standard InChI is InChI=1S/C12H18ClN5S/c1-2-3-6-16-12(18-11(14)19)17-8-10-9(13)5-4-7-15-10/h4-5,7H,2-3,6,8H2,1H3,(H4,14,16,17,18,19). The zero-order chi connectivity index (χ0) is 14.1. The second-order valence-corrected chi connectivity index (χ2v) is 4.71. The summed E-state index contributed by atoms with van der Waals surface area (Å²) >= 11 is 10.8. The van der Waals surface area contributed by atoms with Crippen molar-refractivity contribution in [2.45, 2.75) is 26.3 Å². The van der Waals surface area contributed by atoms with Crippen LogP contribution in [0.15, 0.2) is 23.3 Å². The minimum atomic E-state index is 0.176. The van der Waals surface area contributed by atoms with E-state index in [9.17, 15) is 0 Å². The monoisotopic (exact) mass is 299 g/mol. The molecular weight excluding hydrogens is 282 g/mol. The lowest BCUT2D eigenvalue weighted by molar-refractivity contribution is 0.742. The van der Waals surface area contributed by atoms with Crippen molar-refractivity contribution in [1.29, 1.82) is 0 Å². The van der Waals surface area contributed by atoms with Crippen LogP contribution in [0.25, 0.3) is 0 Å². The van der Waals surface area contributed by atoms with Gasteiger partial charge in [-0.15, -0.1) is 0 Å². The number of thiocarbonyl (C=S) groups is 1. The van der Waals surface area contributed by atoms with E-state index in [0.717, 1.165) is 19.4 Å². The Labute approximate surface area is 123 Å². The number of nitrogens with two attached hydrogens (primary N) is 1. The van der Waals surface area contributed by atoms with Crippen LogP contribution in [0.3, 0.4) is 0 Å². The second-order valence-electron chi connectivity index (χ2n) is 3.87.